The van der Waals surface area contributed by atoms with Crippen LogP contribution in [0.15, 0.2) is 18.2 Å². The fourth-order valence-corrected chi connectivity index (χ4v) is 3.74. The van der Waals surface area contributed by atoms with Gasteiger partial charge in [0, 0.05) is 33.7 Å². The molecule has 0 atom stereocenters. The molecule has 1 aliphatic rings. The van der Waals surface area contributed by atoms with Crippen molar-refractivity contribution in [3.8, 4) is 0 Å². The molecule has 1 fully saturated rings. The molecule has 20 heavy (non-hydrogen) atoms. The maximum Gasteiger partial charge on any atom is 0.132 e. The van der Waals surface area contributed by atoms with Crippen molar-refractivity contribution in [2.75, 3.05) is 13.7 Å². The van der Waals surface area contributed by atoms with Gasteiger partial charge in [-0.05, 0) is 31.5 Å². The van der Waals surface area contributed by atoms with Crippen molar-refractivity contribution in [1.82, 2.24) is 5.32 Å². The van der Waals surface area contributed by atoms with Crippen molar-refractivity contribution in [3.63, 3.8) is 0 Å². The van der Waals surface area contributed by atoms with E-state index in [0.717, 1.165) is 41.1 Å². The van der Waals surface area contributed by atoms with E-state index in [2.05, 4.69) is 5.32 Å². The van der Waals surface area contributed by atoms with Crippen molar-refractivity contribution in [2.24, 2.45) is 5.92 Å². The maximum atomic E-state index is 14.1. The van der Waals surface area contributed by atoms with Gasteiger partial charge in [0.1, 0.15) is 5.82 Å². The topological polar surface area (TPSA) is 21.3 Å². The molecular formula is C16H20FNOS. The van der Waals surface area contributed by atoms with Crippen LogP contribution in [0.25, 0.3) is 10.1 Å². The highest BCUT2D eigenvalue weighted by Gasteiger charge is 2.21. The Kier molecular flexibility index (Phi) is 4.34. The molecule has 0 unspecified atom stereocenters. The molecule has 0 saturated heterocycles. The lowest BCUT2D eigenvalue weighted by Crippen LogP contribution is -2.06. The summed E-state index contributed by atoms with van der Waals surface area (Å²) in [5.74, 6) is 0.740. The van der Waals surface area contributed by atoms with E-state index in [4.69, 9.17) is 4.74 Å². The van der Waals surface area contributed by atoms with Gasteiger partial charge in [-0.1, -0.05) is 18.9 Å². The zero-order valence-corrected chi connectivity index (χ0v) is 12.6. The van der Waals surface area contributed by atoms with Gasteiger partial charge in [-0.3, -0.25) is 0 Å². The lowest BCUT2D eigenvalue weighted by molar-refractivity contribution is 0.115. The summed E-state index contributed by atoms with van der Waals surface area (Å²) >= 11 is 1.66. The molecule has 0 bridgehead atoms. The second-order valence-corrected chi connectivity index (χ2v) is 6.57. The van der Waals surface area contributed by atoms with Gasteiger partial charge in [-0.15, -0.1) is 11.3 Å². The first kappa shape index (κ1) is 14.0. The standard InChI is InChI=1S/C16H20FNOS/c1-18-9-15-12(10-19-8-7-11-5-6-11)16-13(17)3-2-4-14(16)20-15/h2-4,11,18H,5-10H2,1H3. The summed E-state index contributed by atoms with van der Waals surface area (Å²) < 4.78 is 20.9. The normalized spacial score (nSPS) is 15.1. The average molecular weight is 293 g/mol. The lowest BCUT2D eigenvalue weighted by Gasteiger charge is -2.06. The van der Waals surface area contributed by atoms with Gasteiger partial charge in [0.2, 0.25) is 0 Å². The predicted octanol–water partition coefficient (Wildman–Crippen LogP) is 4.08. The molecule has 1 heterocycles. The van der Waals surface area contributed by atoms with Gasteiger partial charge in [0.25, 0.3) is 0 Å². The van der Waals surface area contributed by atoms with Crippen LogP contribution in [0.1, 0.15) is 29.7 Å². The van der Waals surface area contributed by atoms with Gasteiger partial charge in [-0.25, -0.2) is 4.39 Å². The Balaban J connectivity index is 1.79. The Bertz CT molecular complexity index is 591. The number of ether oxygens (including phenoxy) is 1. The Hall–Kier alpha value is -0.970. The van der Waals surface area contributed by atoms with Crippen molar-refractivity contribution >= 4 is 21.4 Å². The molecule has 2 nitrogen and oxygen atoms in total. The zero-order chi connectivity index (χ0) is 13.9. The van der Waals surface area contributed by atoms with Crippen LogP contribution in [-0.4, -0.2) is 13.7 Å². The van der Waals surface area contributed by atoms with E-state index in [1.165, 1.54) is 23.8 Å². The van der Waals surface area contributed by atoms with E-state index in [9.17, 15) is 4.39 Å². The van der Waals surface area contributed by atoms with Gasteiger partial charge >= 0.3 is 0 Å². The first-order valence-electron chi connectivity index (χ1n) is 7.20. The molecular weight excluding hydrogens is 273 g/mol. The van der Waals surface area contributed by atoms with Crippen molar-refractivity contribution in [1.29, 1.82) is 0 Å². The van der Waals surface area contributed by atoms with Crippen LogP contribution in [0.2, 0.25) is 0 Å². The second kappa shape index (κ2) is 6.20. The van der Waals surface area contributed by atoms with E-state index in [-0.39, 0.29) is 5.82 Å². The molecule has 1 aromatic carbocycles. The fourth-order valence-electron chi connectivity index (χ4n) is 2.50. The number of fused-ring (bicyclic) bond motifs is 1. The summed E-state index contributed by atoms with van der Waals surface area (Å²) in [6, 6.07) is 5.29. The molecule has 1 aromatic heterocycles. The van der Waals surface area contributed by atoms with Crippen molar-refractivity contribution in [2.45, 2.75) is 32.4 Å². The number of hydrogen-bond acceptors (Lipinski definition) is 3. The summed E-state index contributed by atoms with van der Waals surface area (Å²) in [5.41, 5.74) is 1.02. The van der Waals surface area contributed by atoms with Gasteiger partial charge in [0.05, 0.1) is 6.61 Å². The number of thiophene rings is 1. The van der Waals surface area contributed by atoms with E-state index in [1.807, 2.05) is 13.1 Å². The van der Waals surface area contributed by atoms with E-state index in [1.54, 1.807) is 17.4 Å². The Morgan fingerprint density at radius 3 is 3.00 bits per heavy atom. The van der Waals surface area contributed by atoms with Crippen LogP contribution >= 0.6 is 11.3 Å². The van der Waals surface area contributed by atoms with Crippen LogP contribution in [-0.2, 0) is 17.9 Å². The zero-order valence-electron chi connectivity index (χ0n) is 11.7. The lowest BCUT2D eigenvalue weighted by atomic mass is 10.1. The van der Waals surface area contributed by atoms with Crippen LogP contribution in [0.5, 0.6) is 0 Å². The highest BCUT2D eigenvalue weighted by Crippen LogP contribution is 2.35. The van der Waals surface area contributed by atoms with Gasteiger partial charge < -0.3 is 10.1 Å². The minimum absolute atomic E-state index is 0.137. The van der Waals surface area contributed by atoms with Crippen LogP contribution in [0, 0.1) is 11.7 Å². The molecule has 0 aliphatic heterocycles. The van der Waals surface area contributed by atoms with Crippen molar-refractivity contribution < 1.29 is 9.13 Å². The summed E-state index contributed by atoms with van der Waals surface area (Å²) in [6.07, 6.45) is 3.85. The van der Waals surface area contributed by atoms with Crippen LogP contribution < -0.4 is 5.32 Å². The fraction of sp³-hybridized carbons (Fsp3) is 0.500. The third-order valence-electron chi connectivity index (χ3n) is 3.80. The predicted molar refractivity (Wildman–Crippen MR) is 81.5 cm³/mol. The average Bonchev–Trinajstić information content (AvgIpc) is 3.18. The third-order valence-corrected chi connectivity index (χ3v) is 5.00. The van der Waals surface area contributed by atoms with Crippen LogP contribution in [0.4, 0.5) is 4.39 Å². The Labute approximate surface area is 122 Å². The first-order valence-corrected chi connectivity index (χ1v) is 8.02. The monoisotopic (exact) mass is 293 g/mol. The number of nitrogens with one attached hydrogen (secondary N) is 1. The minimum Gasteiger partial charge on any atom is -0.377 e. The molecule has 3 rings (SSSR count). The highest BCUT2D eigenvalue weighted by molar-refractivity contribution is 7.19. The molecule has 0 amide bonds. The van der Waals surface area contributed by atoms with E-state index < -0.39 is 0 Å². The molecule has 2 aromatic rings. The number of halogens is 1. The van der Waals surface area contributed by atoms with E-state index in [0.29, 0.717) is 6.61 Å². The largest absolute Gasteiger partial charge is 0.377 e. The summed E-state index contributed by atoms with van der Waals surface area (Å²) in [7, 11) is 1.92. The molecule has 0 radical (unpaired) electrons. The third kappa shape index (κ3) is 3.03. The number of hydrogen-bond donors (Lipinski definition) is 1. The summed E-state index contributed by atoms with van der Waals surface area (Å²) in [4.78, 5) is 1.18. The second-order valence-electron chi connectivity index (χ2n) is 5.43. The smallest absolute Gasteiger partial charge is 0.132 e. The summed E-state index contributed by atoms with van der Waals surface area (Å²) in [5, 5.41) is 3.90. The van der Waals surface area contributed by atoms with Crippen LogP contribution in [0.3, 0.4) is 0 Å². The molecule has 1 saturated carbocycles. The van der Waals surface area contributed by atoms with Crippen molar-refractivity contribution in [3.05, 3.63) is 34.5 Å². The molecule has 0 spiro atoms. The Morgan fingerprint density at radius 2 is 2.25 bits per heavy atom. The minimum atomic E-state index is -0.137. The number of rotatable bonds is 7. The quantitative estimate of drug-likeness (QED) is 0.777. The molecule has 1 N–H and O–H groups in total. The Morgan fingerprint density at radius 1 is 1.40 bits per heavy atom. The van der Waals surface area contributed by atoms with Gasteiger partial charge in [0.15, 0.2) is 0 Å². The number of benzene rings is 1. The molecule has 108 valence electrons. The molecule has 1 aliphatic carbocycles. The van der Waals surface area contributed by atoms with E-state index >= 15 is 0 Å². The highest BCUT2D eigenvalue weighted by atomic mass is 32.1. The SMILES string of the molecule is CNCc1sc2cccc(F)c2c1COCCC1CC1. The molecule has 4 heteroatoms. The summed E-state index contributed by atoms with van der Waals surface area (Å²) in [6.45, 7) is 2.07. The first-order chi connectivity index (χ1) is 9.79. The van der Waals surface area contributed by atoms with Gasteiger partial charge in [-0.2, -0.15) is 0 Å². The maximum absolute atomic E-state index is 14.1.